The van der Waals surface area contributed by atoms with Gasteiger partial charge in [0.2, 0.25) is 5.91 Å². The van der Waals surface area contributed by atoms with E-state index in [4.69, 9.17) is 15.2 Å². The maximum atomic E-state index is 15.1. The number of rotatable bonds is 8. The van der Waals surface area contributed by atoms with E-state index in [-0.39, 0.29) is 47.7 Å². The number of nitrogens with one attached hydrogen (secondary N) is 1. The van der Waals surface area contributed by atoms with Gasteiger partial charge >= 0.3 is 6.09 Å². The highest BCUT2D eigenvalue weighted by atomic mass is 32.2. The number of amides is 2. The molecule has 2 aliphatic heterocycles. The molecule has 0 unspecified atom stereocenters. The second-order valence-corrected chi connectivity index (χ2v) is 10.4. The fourth-order valence-electron chi connectivity index (χ4n) is 3.69. The summed E-state index contributed by atoms with van der Waals surface area (Å²) in [5.74, 6) is -1.52. The molecule has 3 rings (SSSR count). The van der Waals surface area contributed by atoms with Gasteiger partial charge in [-0.15, -0.1) is 0 Å². The van der Waals surface area contributed by atoms with Crippen molar-refractivity contribution in [2.24, 2.45) is 15.8 Å². The Labute approximate surface area is 220 Å². The smallest absolute Gasteiger partial charge is 0.410 e. The molecule has 0 spiro atoms. The largest absolute Gasteiger partial charge is 0.475 e. The van der Waals surface area contributed by atoms with Crippen LogP contribution in [0.3, 0.4) is 0 Å². The number of aliphatic imine (C=N–C) groups is 1. The van der Waals surface area contributed by atoms with Gasteiger partial charge in [0.15, 0.2) is 11.7 Å². The van der Waals surface area contributed by atoms with Crippen LogP contribution in [0.1, 0.15) is 40.0 Å². The molecule has 2 heterocycles. The Morgan fingerprint density at radius 2 is 2.03 bits per heavy atom. The number of likely N-dealkylation sites (tertiary alicyclic amines) is 1. The topological polar surface area (TPSA) is 156 Å². The van der Waals surface area contributed by atoms with Crippen LogP contribution in [0.4, 0.5) is 14.9 Å². The fraction of sp³-hybridized carbons (Fsp3) is 0.417. The molecule has 0 aromatic heterocycles. The average Bonchev–Trinajstić information content (AvgIpc) is 3.27. The number of halogens is 1. The Morgan fingerprint density at radius 3 is 2.61 bits per heavy atom. The predicted octanol–water partition coefficient (Wildman–Crippen LogP) is 2.58. The van der Waals surface area contributed by atoms with Gasteiger partial charge in [0.1, 0.15) is 17.6 Å². The number of piperidine rings is 1. The lowest BCUT2D eigenvalue weighted by Crippen LogP contribution is -2.42. The third-order valence-electron chi connectivity index (χ3n) is 5.58. The molecule has 1 aromatic rings. The molecule has 2 amide bonds. The van der Waals surface area contributed by atoms with Crippen molar-refractivity contribution in [3.63, 3.8) is 0 Å². The third-order valence-corrected chi connectivity index (χ3v) is 6.95. The van der Waals surface area contributed by atoms with Gasteiger partial charge in [-0.05, 0) is 32.0 Å². The van der Waals surface area contributed by atoms with Crippen LogP contribution in [0.25, 0.3) is 0 Å². The lowest BCUT2D eigenvalue weighted by atomic mass is 10.1. The van der Waals surface area contributed by atoms with E-state index in [0.29, 0.717) is 25.9 Å². The lowest BCUT2D eigenvalue weighted by molar-refractivity contribution is -0.119. The van der Waals surface area contributed by atoms with Gasteiger partial charge < -0.3 is 20.1 Å². The van der Waals surface area contributed by atoms with E-state index in [1.165, 1.54) is 25.4 Å². The van der Waals surface area contributed by atoms with E-state index in [2.05, 4.69) is 16.7 Å². The first-order chi connectivity index (χ1) is 18.0. The molecular formula is C24H31FN6O6S. The molecule has 1 fully saturated rings. The molecule has 0 saturated carbocycles. The SMILES string of the molecule is C=C/N=C1\C(=C(/N)OC2CCN(C(=O)OC(C)C)CC2)C=NN1c1ccc(S(=O)(=O)NC(=O)CC)cc1F. The molecular weight excluding hydrogens is 519 g/mol. The van der Waals surface area contributed by atoms with Crippen LogP contribution in [-0.4, -0.2) is 62.7 Å². The summed E-state index contributed by atoms with van der Waals surface area (Å²) in [6, 6.07) is 3.12. The maximum Gasteiger partial charge on any atom is 0.410 e. The van der Waals surface area contributed by atoms with Crippen molar-refractivity contribution in [2.45, 2.75) is 57.1 Å². The molecule has 0 aliphatic carbocycles. The van der Waals surface area contributed by atoms with Crippen molar-refractivity contribution >= 4 is 39.8 Å². The number of ether oxygens (including phenoxy) is 2. The molecule has 206 valence electrons. The number of hydrogen-bond donors (Lipinski definition) is 2. The second kappa shape index (κ2) is 12.1. The minimum absolute atomic E-state index is 0.00180. The molecule has 1 aromatic carbocycles. The monoisotopic (exact) mass is 550 g/mol. The first kappa shape index (κ1) is 28.6. The van der Waals surface area contributed by atoms with Gasteiger partial charge in [-0.1, -0.05) is 13.5 Å². The Morgan fingerprint density at radius 1 is 1.34 bits per heavy atom. The number of amidine groups is 1. The summed E-state index contributed by atoms with van der Waals surface area (Å²) < 4.78 is 52.7. The number of carbonyl (C=O) groups excluding carboxylic acids is 2. The summed E-state index contributed by atoms with van der Waals surface area (Å²) in [5, 5.41) is 5.30. The normalized spacial score (nSPS) is 18.6. The first-order valence-corrected chi connectivity index (χ1v) is 13.5. The summed E-state index contributed by atoms with van der Waals surface area (Å²) in [4.78, 5) is 28.9. The Bertz CT molecular complexity index is 1290. The minimum Gasteiger partial charge on any atom is -0.475 e. The molecule has 38 heavy (non-hydrogen) atoms. The molecule has 0 radical (unpaired) electrons. The molecule has 14 heteroatoms. The highest BCUT2D eigenvalue weighted by molar-refractivity contribution is 7.90. The number of benzene rings is 1. The van der Waals surface area contributed by atoms with Crippen molar-refractivity contribution in [3.05, 3.63) is 48.3 Å². The minimum atomic E-state index is -4.24. The standard InChI is InChI=1S/C24H31FN6O6S/c1-5-21(32)29-38(34,35)17-7-8-20(19(25)13-17)31-23(27-6-2)18(14-28-31)22(26)37-16-9-11-30(12-10-16)24(33)36-15(3)4/h6-8,13-16H,2,5,9-12,26H2,1,3-4H3,(H,29,32)/b22-18+,27-23+. The number of hydrogen-bond acceptors (Lipinski definition) is 9. The predicted molar refractivity (Wildman–Crippen MR) is 139 cm³/mol. The van der Waals surface area contributed by atoms with Crippen molar-refractivity contribution in [1.82, 2.24) is 9.62 Å². The van der Waals surface area contributed by atoms with E-state index in [1.54, 1.807) is 18.7 Å². The van der Waals surface area contributed by atoms with Crippen LogP contribution in [0.5, 0.6) is 0 Å². The van der Waals surface area contributed by atoms with Crippen molar-refractivity contribution in [1.29, 1.82) is 0 Å². The summed E-state index contributed by atoms with van der Waals surface area (Å²) in [7, 11) is -4.24. The first-order valence-electron chi connectivity index (χ1n) is 12.0. The molecule has 2 aliphatic rings. The van der Waals surface area contributed by atoms with Crippen molar-refractivity contribution in [2.75, 3.05) is 18.1 Å². The Hall–Kier alpha value is -3.94. The summed E-state index contributed by atoms with van der Waals surface area (Å²) in [5.41, 5.74) is 6.38. The van der Waals surface area contributed by atoms with Gasteiger partial charge in [0.25, 0.3) is 10.0 Å². The van der Waals surface area contributed by atoms with Crippen LogP contribution < -0.4 is 15.5 Å². The molecule has 0 bridgehead atoms. The zero-order chi connectivity index (χ0) is 28.0. The number of sulfonamides is 1. The highest BCUT2D eigenvalue weighted by Crippen LogP contribution is 2.28. The lowest BCUT2D eigenvalue weighted by Gasteiger charge is -2.32. The number of hydrazone groups is 1. The summed E-state index contributed by atoms with van der Waals surface area (Å²) >= 11 is 0. The van der Waals surface area contributed by atoms with Gasteiger partial charge in [0.05, 0.1) is 22.8 Å². The van der Waals surface area contributed by atoms with E-state index >= 15 is 4.39 Å². The Balaban J connectivity index is 1.76. The van der Waals surface area contributed by atoms with Crippen LogP contribution in [0.2, 0.25) is 0 Å². The van der Waals surface area contributed by atoms with Crippen molar-refractivity contribution in [3.8, 4) is 0 Å². The maximum absolute atomic E-state index is 15.1. The highest BCUT2D eigenvalue weighted by Gasteiger charge is 2.31. The number of nitrogens with zero attached hydrogens (tertiary/aromatic N) is 4. The van der Waals surface area contributed by atoms with Gasteiger partial charge in [0, 0.05) is 38.6 Å². The number of carbonyl (C=O) groups is 2. The average molecular weight is 551 g/mol. The van der Waals surface area contributed by atoms with Crippen molar-refractivity contribution < 1.29 is 31.9 Å². The number of anilines is 1. The molecule has 3 N–H and O–H groups in total. The zero-order valence-electron chi connectivity index (χ0n) is 21.4. The van der Waals surface area contributed by atoms with Crippen LogP contribution in [0, 0.1) is 5.82 Å². The Kier molecular flexibility index (Phi) is 9.09. The van der Waals surface area contributed by atoms with E-state index in [0.717, 1.165) is 17.1 Å². The van der Waals surface area contributed by atoms with Gasteiger partial charge in [-0.25, -0.2) is 32.3 Å². The fourth-order valence-corrected chi connectivity index (χ4v) is 4.75. The van der Waals surface area contributed by atoms with Crippen LogP contribution in [-0.2, 0) is 24.3 Å². The van der Waals surface area contributed by atoms with E-state index < -0.39 is 26.6 Å². The van der Waals surface area contributed by atoms with Gasteiger partial charge in [-0.3, -0.25) is 4.79 Å². The quantitative estimate of drug-likeness (QED) is 0.468. The number of nitrogens with two attached hydrogens (primary N) is 1. The van der Waals surface area contributed by atoms with Gasteiger partial charge in [-0.2, -0.15) is 5.10 Å². The summed E-state index contributed by atoms with van der Waals surface area (Å²) in [6.07, 6.45) is 2.70. The molecule has 1 saturated heterocycles. The van der Waals surface area contributed by atoms with E-state index in [1.807, 2.05) is 4.72 Å². The summed E-state index contributed by atoms with van der Waals surface area (Å²) in [6.45, 7) is 9.51. The van der Waals surface area contributed by atoms with Crippen LogP contribution in [0.15, 0.2) is 57.4 Å². The van der Waals surface area contributed by atoms with Crippen LogP contribution >= 0.6 is 0 Å². The van der Waals surface area contributed by atoms with E-state index in [9.17, 15) is 18.0 Å². The second-order valence-electron chi connectivity index (χ2n) is 8.70. The molecule has 12 nitrogen and oxygen atoms in total. The molecule has 0 atom stereocenters. The third kappa shape index (κ3) is 6.68. The zero-order valence-corrected chi connectivity index (χ0v) is 22.2.